The number of nitrogens with two attached hydrogens (primary N) is 1. The number of pyridine rings is 1. The van der Waals surface area contributed by atoms with E-state index in [2.05, 4.69) is 10.3 Å². The summed E-state index contributed by atoms with van der Waals surface area (Å²) < 4.78 is 5.19. The number of aryl methyl sites for hydroxylation is 1. The van der Waals surface area contributed by atoms with Crippen molar-refractivity contribution in [2.75, 3.05) is 18.2 Å². The van der Waals surface area contributed by atoms with Gasteiger partial charge in [0.05, 0.1) is 12.8 Å². The molecule has 1 aromatic heterocycles. The first kappa shape index (κ1) is 12.2. The Morgan fingerprint density at radius 3 is 2.89 bits per heavy atom. The Morgan fingerprint density at radius 1 is 1.33 bits per heavy atom. The minimum Gasteiger partial charge on any atom is -0.495 e. The summed E-state index contributed by atoms with van der Waals surface area (Å²) in [5, 5.41) is 3.34. The van der Waals surface area contributed by atoms with E-state index >= 15 is 0 Å². The van der Waals surface area contributed by atoms with Crippen LogP contribution >= 0.6 is 0 Å². The van der Waals surface area contributed by atoms with Crippen molar-refractivity contribution >= 4 is 11.4 Å². The fourth-order valence-corrected chi connectivity index (χ4v) is 1.72. The molecule has 0 fully saturated rings. The van der Waals surface area contributed by atoms with Crippen LogP contribution < -0.4 is 15.8 Å². The number of rotatable bonds is 4. The van der Waals surface area contributed by atoms with Gasteiger partial charge in [0, 0.05) is 30.7 Å². The number of hydrogen-bond donors (Lipinski definition) is 2. The zero-order valence-corrected chi connectivity index (χ0v) is 10.6. The van der Waals surface area contributed by atoms with Gasteiger partial charge in [-0.05, 0) is 36.2 Å². The molecule has 0 saturated carbocycles. The van der Waals surface area contributed by atoms with E-state index in [1.54, 1.807) is 13.3 Å². The third-order valence-corrected chi connectivity index (χ3v) is 2.85. The number of nitrogens with zero attached hydrogens (tertiary/aromatic N) is 1. The summed E-state index contributed by atoms with van der Waals surface area (Å²) in [5.74, 6) is 0.687. The number of methoxy groups -OCH3 is 1. The number of benzene rings is 1. The van der Waals surface area contributed by atoms with Gasteiger partial charge >= 0.3 is 0 Å². The molecule has 18 heavy (non-hydrogen) atoms. The van der Waals surface area contributed by atoms with Crippen LogP contribution in [0.15, 0.2) is 36.7 Å². The smallest absolute Gasteiger partial charge is 0.143 e. The first-order valence-corrected chi connectivity index (χ1v) is 5.77. The molecule has 0 aliphatic rings. The predicted octanol–water partition coefficient (Wildman–Crippen LogP) is 2.59. The summed E-state index contributed by atoms with van der Waals surface area (Å²) in [4.78, 5) is 4.07. The largest absolute Gasteiger partial charge is 0.495 e. The van der Waals surface area contributed by atoms with Gasteiger partial charge in [-0.3, -0.25) is 4.98 Å². The van der Waals surface area contributed by atoms with E-state index in [-0.39, 0.29) is 0 Å². The van der Waals surface area contributed by atoms with Crippen molar-refractivity contribution in [3.63, 3.8) is 0 Å². The zero-order chi connectivity index (χ0) is 13.0. The molecule has 0 radical (unpaired) electrons. The van der Waals surface area contributed by atoms with Gasteiger partial charge in [-0.1, -0.05) is 0 Å². The molecule has 0 aliphatic carbocycles. The van der Waals surface area contributed by atoms with Crippen LogP contribution in [0.25, 0.3) is 0 Å². The van der Waals surface area contributed by atoms with Crippen molar-refractivity contribution in [1.82, 2.24) is 4.98 Å². The Balaban J connectivity index is 2.09. The minimum atomic E-state index is 0.642. The molecular weight excluding hydrogens is 226 g/mol. The van der Waals surface area contributed by atoms with Crippen molar-refractivity contribution in [3.8, 4) is 5.75 Å². The summed E-state index contributed by atoms with van der Waals surface area (Å²) in [6.07, 6.45) is 3.66. The van der Waals surface area contributed by atoms with E-state index in [1.807, 2.05) is 37.4 Å². The lowest BCUT2D eigenvalue weighted by Gasteiger charge is -2.11. The highest BCUT2D eigenvalue weighted by Gasteiger charge is 2.02. The maximum Gasteiger partial charge on any atom is 0.143 e. The van der Waals surface area contributed by atoms with Crippen molar-refractivity contribution in [1.29, 1.82) is 0 Å². The highest BCUT2D eigenvalue weighted by Crippen LogP contribution is 2.25. The average Bonchev–Trinajstić information content (AvgIpc) is 2.39. The zero-order valence-electron chi connectivity index (χ0n) is 10.6. The maximum atomic E-state index is 5.77. The number of nitrogen functional groups attached to an aromatic ring is 1. The van der Waals surface area contributed by atoms with E-state index < -0.39 is 0 Å². The first-order chi connectivity index (χ1) is 8.70. The van der Waals surface area contributed by atoms with Crippen molar-refractivity contribution < 1.29 is 4.74 Å². The molecule has 0 aliphatic heterocycles. The third kappa shape index (κ3) is 2.71. The summed E-state index contributed by atoms with van der Waals surface area (Å²) in [7, 11) is 1.61. The maximum absolute atomic E-state index is 5.77. The van der Waals surface area contributed by atoms with Gasteiger partial charge in [0.2, 0.25) is 0 Å². The molecular formula is C14H17N3O. The Hall–Kier alpha value is -2.23. The fraction of sp³-hybridized carbons (Fsp3) is 0.214. The van der Waals surface area contributed by atoms with Crippen LogP contribution in [0.5, 0.6) is 5.75 Å². The number of nitrogens with one attached hydrogen (secondary N) is 1. The first-order valence-electron chi connectivity index (χ1n) is 5.77. The van der Waals surface area contributed by atoms with Gasteiger partial charge < -0.3 is 15.8 Å². The molecule has 0 spiro atoms. The van der Waals surface area contributed by atoms with Crippen LogP contribution in [0.1, 0.15) is 11.1 Å². The number of anilines is 2. The van der Waals surface area contributed by atoms with Crippen LogP contribution in [-0.4, -0.2) is 12.1 Å². The van der Waals surface area contributed by atoms with Gasteiger partial charge in [0.15, 0.2) is 0 Å². The molecule has 4 nitrogen and oxygen atoms in total. The van der Waals surface area contributed by atoms with E-state index in [0.717, 1.165) is 12.2 Å². The molecule has 94 valence electrons. The molecule has 2 aromatic rings. The average molecular weight is 243 g/mol. The third-order valence-electron chi connectivity index (χ3n) is 2.85. The summed E-state index contributed by atoms with van der Waals surface area (Å²) in [6, 6.07) is 7.68. The molecule has 0 amide bonds. The van der Waals surface area contributed by atoms with Crippen LogP contribution in [0, 0.1) is 6.92 Å². The Kier molecular flexibility index (Phi) is 3.67. The van der Waals surface area contributed by atoms with Gasteiger partial charge in [0.1, 0.15) is 5.75 Å². The van der Waals surface area contributed by atoms with Crippen LogP contribution in [0.4, 0.5) is 11.4 Å². The highest BCUT2D eigenvalue weighted by atomic mass is 16.5. The molecule has 1 aromatic carbocycles. The Bertz CT molecular complexity index is 540. The standard InChI is InChI=1S/C14H17N3O/c1-10-8-16-6-5-11(10)9-17-12-3-4-13(15)14(7-12)18-2/h3-8,17H,9,15H2,1-2H3. The lowest BCUT2D eigenvalue weighted by Crippen LogP contribution is -2.02. The molecule has 0 bridgehead atoms. The normalized spacial score (nSPS) is 10.1. The topological polar surface area (TPSA) is 60.2 Å². The molecule has 1 heterocycles. The molecule has 0 atom stereocenters. The minimum absolute atomic E-state index is 0.642. The predicted molar refractivity (Wildman–Crippen MR) is 73.7 cm³/mol. The van der Waals surface area contributed by atoms with E-state index in [4.69, 9.17) is 10.5 Å². The Morgan fingerprint density at radius 2 is 2.17 bits per heavy atom. The molecule has 4 heteroatoms. The second-order valence-electron chi connectivity index (χ2n) is 4.11. The monoisotopic (exact) mass is 243 g/mol. The number of aromatic nitrogens is 1. The second-order valence-corrected chi connectivity index (χ2v) is 4.11. The molecule has 2 rings (SSSR count). The van der Waals surface area contributed by atoms with Crippen molar-refractivity contribution in [2.24, 2.45) is 0 Å². The SMILES string of the molecule is COc1cc(NCc2ccncc2C)ccc1N. The van der Waals surface area contributed by atoms with E-state index in [9.17, 15) is 0 Å². The van der Waals surface area contributed by atoms with Gasteiger partial charge in [-0.2, -0.15) is 0 Å². The van der Waals surface area contributed by atoms with Gasteiger partial charge in [0.25, 0.3) is 0 Å². The number of ether oxygens (including phenoxy) is 1. The van der Waals surface area contributed by atoms with Gasteiger partial charge in [-0.25, -0.2) is 0 Å². The lowest BCUT2D eigenvalue weighted by molar-refractivity contribution is 0.417. The van der Waals surface area contributed by atoms with Crippen molar-refractivity contribution in [3.05, 3.63) is 47.8 Å². The summed E-state index contributed by atoms with van der Waals surface area (Å²) in [6.45, 7) is 2.80. The summed E-state index contributed by atoms with van der Waals surface area (Å²) >= 11 is 0. The van der Waals surface area contributed by atoms with Gasteiger partial charge in [-0.15, -0.1) is 0 Å². The number of hydrogen-bond acceptors (Lipinski definition) is 4. The quantitative estimate of drug-likeness (QED) is 0.810. The molecule has 3 N–H and O–H groups in total. The van der Waals surface area contributed by atoms with Crippen LogP contribution in [-0.2, 0) is 6.54 Å². The van der Waals surface area contributed by atoms with E-state index in [0.29, 0.717) is 11.4 Å². The van der Waals surface area contributed by atoms with Crippen LogP contribution in [0.2, 0.25) is 0 Å². The van der Waals surface area contributed by atoms with Crippen LogP contribution in [0.3, 0.4) is 0 Å². The molecule has 0 unspecified atom stereocenters. The highest BCUT2D eigenvalue weighted by molar-refractivity contribution is 5.61. The van der Waals surface area contributed by atoms with Crippen molar-refractivity contribution in [2.45, 2.75) is 13.5 Å². The summed E-state index contributed by atoms with van der Waals surface area (Å²) in [5.41, 5.74) is 9.79. The fourth-order valence-electron chi connectivity index (χ4n) is 1.72. The second kappa shape index (κ2) is 5.40. The lowest BCUT2D eigenvalue weighted by atomic mass is 10.1. The Labute approximate surface area is 107 Å². The van der Waals surface area contributed by atoms with E-state index in [1.165, 1.54) is 11.1 Å². The molecule has 0 saturated heterocycles.